The molecule has 4 unspecified atom stereocenters. The third-order valence-electron chi connectivity index (χ3n) is 14.5. The number of hydrogen-bond donors (Lipinski definition) is 8. The molecule has 93 heavy (non-hydrogen) atoms. The molecule has 0 aromatic heterocycles. The number of ether oxygens (including phenoxy) is 5. The summed E-state index contributed by atoms with van der Waals surface area (Å²) in [6.07, 6.45) is -3.11. The molecular formula is C71H79N9O13. The minimum Gasteiger partial charge on any atom is -0.489 e. The molecule has 22 heteroatoms. The second-order valence-corrected chi connectivity index (χ2v) is 21.8. The Morgan fingerprint density at radius 2 is 0.785 bits per heavy atom. The van der Waals surface area contributed by atoms with E-state index in [1.807, 2.05) is 98.8 Å². The maximum Gasteiger partial charge on any atom is 0.414 e. The predicted octanol–water partition coefficient (Wildman–Crippen LogP) is 8.99. The summed E-state index contributed by atoms with van der Waals surface area (Å²) in [6, 6.07) is 52.7. The molecule has 7 aromatic rings. The first-order valence-corrected chi connectivity index (χ1v) is 30.6. The van der Waals surface area contributed by atoms with Gasteiger partial charge in [0.25, 0.3) is 0 Å². The normalized spacial score (nSPS) is 11.9. The number of carbonyl (C=O) groups excluding carboxylic acids is 8. The van der Waals surface area contributed by atoms with Crippen molar-refractivity contribution in [2.45, 2.75) is 116 Å². The monoisotopic (exact) mass is 1270 g/mol. The van der Waals surface area contributed by atoms with Crippen LogP contribution in [-0.2, 0) is 84.0 Å². The number of rotatable bonds is 32. The van der Waals surface area contributed by atoms with Crippen LogP contribution in [0.4, 0.5) is 19.2 Å². The molecule has 9 N–H and O–H groups in total. The van der Waals surface area contributed by atoms with E-state index >= 15 is 4.79 Å². The van der Waals surface area contributed by atoms with Crippen molar-refractivity contribution in [3.05, 3.63) is 244 Å². The molecule has 8 amide bonds. The molecule has 0 saturated heterocycles. The zero-order valence-corrected chi connectivity index (χ0v) is 52.0. The van der Waals surface area contributed by atoms with Gasteiger partial charge in [-0.3, -0.25) is 34.8 Å². The molecule has 0 aliphatic rings. The van der Waals surface area contributed by atoms with Gasteiger partial charge in [0.1, 0.15) is 63.0 Å². The zero-order chi connectivity index (χ0) is 66.0. The highest BCUT2D eigenvalue weighted by atomic mass is 16.6. The van der Waals surface area contributed by atoms with E-state index in [9.17, 15) is 33.6 Å². The van der Waals surface area contributed by atoms with Crippen LogP contribution in [0.1, 0.15) is 82.2 Å². The summed E-state index contributed by atoms with van der Waals surface area (Å²) in [6.45, 7) is 3.66. The van der Waals surface area contributed by atoms with Gasteiger partial charge >= 0.3 is 24.4 Å². The molecule has 486 valence electrons. The number of hydrogen-bond acceptors (Lipinski definition) is 14. The third kappa shape index (κ3) is 25.4. The zero-order valence-electron chi connectivity index (χ0n) is 52.0. The van der Waals surface area contributed by atoms with Gasteiger partial charge in [0.15, 0.2) is 0 Å². The molecule has 0 spiro atoms. The Bertz CT molecular complexity index is 3470. The molecule has 0 fully saturated rings. The smallest absolute Gasteiger partial charge is 0.414 e. The van der Waals surface area contributed by atoms with E-state index in [0.29, 0.717) is 51.1 Å². The van der Waals surface area contributed by atoms with Crippen LogP contribution >= 0.6 is 0 Å². The van der Waals surface area contributed by atoms with Crippen LogP contribution < -0.4 is 47.7 Å². The van der Waals surface area contributed by atoms with E-state index in [1.165, 1.54) is 0 Å². The van der Waals surface area contributed by atoms with E-state index in [-0.39, 0.29) is 90.6 Å². The minimum atomic E-state index is -1.44. The topological polar surface area (TPSA) is 305 Å². The first kappa shape index (κ1) is 69.4. The number of alkyl carbamates (subject to hydrolysis) is 4. The number of carbonyl (C=O) groups is 8. The maximum atomic E-state index is 15.2. The Morgan fingerprint density at radius 3 is 1.25 bits per heavy atom. The number of primary amides is 1. The number of nitrogens with zero attached hydrogens (tertiary/aromatic N) is 1. The Labute approximate surface area is 540 Å². The molecule has 0 bridgehead atoms. The molecule has 0 saturated carbocycles. The van der Waals surface area contributed by atoms with Crippen LogP contribution in [0.25, 0.3) is 0 Å². The van der Waals surface area contributed by atoms with Crippen LogP contribution in [-0.4, -0.2) is 91.2 Å². The molecule has 7 rings (SSSR count). The van der Waals surface area contributed by atoms with E-state index in [0.717, 1.165) is 11.1 Å². The summed E-state index contributed by atoms with van der Waals surface area (Å²) >= 11 is 0. The highest BCUT2D eigenvalue weighted by Crippen LogP contribution is 2.25. The van der Waals surface area contributed by atoms with E-state index < -0.39 is 72.2 Å². The van der Waals surface area contributed by atoms with E-state index in [1.54, 1.807) is 109 Å². The molecular weight excluding hydrogens is 1190 g/mol. The number of aliphatic imine (C=N–C) groups is 1. The summed E-state index contributed by atoms with van der Waals surface area (Å²) in [5.41, 5.74) is 12.5. The highest BCUT2D eigenvalue weighted by Gasteiger charge is 2.32. The van der Waals surface area contributed by atoms with Crippen LogP contribution in [0.5, 0.6) is 5.75 Å². The quantitative estimate of drug-likeness (QED) is 0.00846. The van der Waals surface area contributed by atoms with Crippen molar-refractivity contribution in [3.63, 3.8) is 0 Å². The van der Waals surface area contributed by atoms with Crippen molar-refractivity contribution >= 4 is 54.0 Å². The molecule has 0 heterocycles. The predicted molar refractivity (Wildman–Crippen MR) is 349 cm³/mol. The van der Waals surface area contributed by atoms with Crippen LogP contribution in [0.2, 0.25) is 0 Å². The van der Waals surface area contributed by atoms with Gasteiger partial charge in [-0.2, -0.15) is 0 Å². The van der Waals surface area contributed by atoms with Crippen molar-refractivity contribution in [2.24, 2.45) is 10.7 Å². The minimum absolute atomic E-state index is 0.000456. The fraction of sp³-hybridized carbons (Fsp3) is 0.282. The van der Waals surface area contributed by atoms with Crippen molar-refractivity contribution in [1.82, 2.24) is 37.2 Å². The number of aryl methyl sites for hydroxylation is 2. The van der Waals surface area contributed by atoms with Crippen LogP contribution in [0, 0.1) is 13.8 Å². The maximum absolute atomic E-state index is 15.2. The SMILES string of the molecule is Cc1cc(OCc2ccccc2)cc(C)c1CC(NC(=O)C(CCCN=C(NC(=O)OCc1ccccc1)NC(=O)OCc1ccccc1)NC(=O)OCc1ccccc1)C(=O)NC(CCCCNC(=O)OCc1ccccc1)C(=O)NC(Cc1ccccc1)C(N)=O. The van der Waals surface area contributed by atoms with Gasteiger partial charge in [0, 0.05) is 25.9 Å². The molecule has 0 aliphatic heterocycles. The van der Waals surface area contributed by atoms with Crippen LogP contribution in [0.3, 0.4) is 0 Å². The Balaban J connectivity index is 1.14. The van der Waals surface area contributed by atoms with Gasteiger partial charge in [0.05, 0.1) is 0 Å². The first-order valence-electron chi connectivity index (χ1n) is 30.6. The highest BCUT2D eigenvalue weighted by molar-refractivity contribution is 6.01. The van der Waals surface area contributed by atoms with Crippen molar-refractivity contribution in [3.8, 4) is 5.75 Å². The number of nitrogens with one attached hydrogen (secondary N) is 7. The third-order valence-corrected chi connectivity index (χ3v) is 14.5. The molecule has 0 aliphatic carbocycles. The fourth-order valence-corrected chi connectivity index (χ4v) is 9.59. The van der Waals surface area contributed by atoms with Gasteiger partial charge in [-0.25, -0.2) is 19.2 Å². The van der Waals surface area contributed by atoms with Gasteiger partial charge in [-0.05, 0) is 108 Å². The summed E-state index contributed by atoms with van der Waals surface area (Å²) in [7, 11) is 0. The summed E-state index contributed by atoms with van der Waals surface area (Å²) < 4.78 is 27.9. The van der Waals surface area contributed by atoms with Gasteiger partial charge in [-0.15, -0.1) is 0 Å². The Kier molecular flexibility index (Phi) is 28.3. The number of nitrogens with two attached hydrogens (primary N) is 1. The summed E-state index contributed by atoms with van der Waals surface area (Å²) in [4.78, 5) is 115. The van der Waals surface area contributed by atoms with Crippen molar-refractivity contribution in [1.29, 1.82) is 0 Å². The number of amides is 8. The number of benzene rings is 7. The Hall–Kier alpha value is -11.0. The lowest BCUT2D eigenvalue weighted by molar-refractivity contribution is -0.133. The summed E-state index contributed by atoms with van der Waals surface area (Å²) in [5.74, 6) is -2.97. The molecule has 22 nitrogen and oxygen atoms in total. The number of unbranched alkanes of at least 4 members (excludes halogenated alkanes) is 1. The first-order chi connectivity index (χ1) is 45.1. The van der Waals surface area contributed by atoms with Gasteiger partial charge in [0.2, 0.25) is 29.6 Å². The average molecular weight is 1270 g/mol. The fourth-order valence-electron chi connectivity index (χ4n) is 9.59. The Morgan fingerprint density at radius 1 is 0.409 bits per heavy atom. The second kappa shape index (κ2) is 37.8. The lowest BCUT2D eigenvalue weighted by Gasteiger charge is -2.27. The standard InChI is InChI=1S/C71H79N9O13/c1-49-40-57(89-44-52-26-11-4-12-27-52)41-50(2)58(49)43-62(66(84)75-59(64(82)76-61(63(72)81)42-51-24-9-3-10-25-51)36-21-22-38-74-68(85)90-45-53-28-13-5-14-29-53)77-65(83)60(78-69(86)91-46-54-30-15-6-16-31-54)37-23-39-73-67(79-70(87)92-47-55-32-17-7-18-33-55)80-71(88)93-48-56-34-19-8-20-35-56/h3-20,24-35,40-41,59-62H,21-23,36-39,42-48H2,1-2H3,(H2,72,81)(H,74,85)(H,75,84)(H,76,82)(H,77,83)(H,78,86)(H2,73,79,80,87,88). The van der Waals surface area contributed by atoms with Crippen molar-refractivity contribution < 1.29 is 62.0 Å². The molecule has 0 radical (unpaired) electrons. The van der Waals surface area contributed by atoms with Gasteiger partial charge < -0.3 is 56.0 Å². The second-order valence-electron chi connectivity index (χ2n) is 21.8. The van der Waals surface area contributed by atoms with E-state index in [4.69, 9.17) is 29.4 Å². The van der Waals surface area contributed by atoms with E-state index in [2.05, 4.69) is 42.2 Å². The lowest BCUT2D eigenvalue weighted by atomic mass is 9.94. The van der Waals surface area contributed by atoms with Crippen molar-refractivity contribution in [2.75, 3.05) is 13.1 Å². The lowest BCUT2D eigenvalue weighted by Crippen LogP contribution is -2.58. The average Bonchev–Trinajstić information content (AvgIpc) is 0.946. The molecule has 4 atom stereocenters. The van der Waals surface area contributed by atoms with Crippen LogP contribution in [0.15, 0.2) is 199 Å². The summed E-state index contributed by atoms with van der Waals surface area (Å²) in [5, 5.41) is 18.7. The number of guanidine groups is 1. The largest absolute Gasteiger partial charge is 0.489 e. The molecule has 7 aromatic carbocycles. The van der Waals surface area contributed by atoms with Gasteiger partial charge in [-0.1, -0.05) is 182 Å².